The number of methoxy groups -OCH3 is 1. The Morgan fingerprint density at radius 1 is 1.85 bits per heavy atom. The van der Waals surface area contributed by atoms with Gasteiger partial charge in [0.15, 0.2) is 5.84 Å². The van der Waals surface area contributed by atoms with E-state index in [1.165, 1.54) is 11.3 Å². The van der Waals surface area contributed by atoms with Crippen molar-refractivity contribution in [2.24, 2.45) is 10.8 Å². The molecule has 13 heavy (non-hydrogen) atoms. The van der Waals surface area contributed by atoms with Gasteiger partial charge in [0.25, 0.3) is 0 Å². The summed E-state index contributed by atoms with van der Waals surface area (Å²) in [5.74, 6) is 5.88. The molecule has 1 heterocycles. The number of nitrogens with zero attached hydrogens (tertiary/aromatic N) is 2. The van der Waals surface area contributed by atoms with Crippen LogP contribution in [0.4, 0.5) is 0 Å². The zero-order chi connectivity index (χ0) is 9.52. The maximum Gasteiger partial charge on any atom is 0.162 e. The Hall–Kier alpha value is -0.980. The molecule has 0 atom stereocenters. The molecule has 0 spiro atoms. The molecule has 5 nitrogen and oxygen atoms in total. The van der Waals surface area contributed by atoms with Crippen LogP contribution < -0.4 is 11.3 Å². The Kier molecular flexibility index (Phi) is 4.37. The van der Waals surface area contributed by atoms with Crippen molar-refractivity contribution in [2.45, 2.75) is 0 Å². The predicted molar refractivity (Wildman–Crippen MR) is 52.7 cm³/mol. The highest BCUT2D eigenvalue weighted by Gasteiger charge is 2.01. The van der Waals surface area contributed by atoms with Gasteiger partial charge in [-0.15, -0.1) is 11.3 Å². The first-order valence-corrected chi connectivity index (χ1v) is 4.71. The number of hydrazine groups is 1. The van der Waals surface area contributed by atoms with E-state index in [-0.39, 0.29) is 0 Å². The van der Waals surface area contributed by atoms with Crippen LogP contribution in [0.1, 0.15) is 5.69 Å². The highest BCUT2D eigenvalue weighted by atomic mass is 32.1. The maximum atomic E-state index is 5.29. The van der Waals surface area contributed by atoms with Crippen molar-refractivity contribution in [1.82, 2.24) is 10.4 Å². The van der Waals surface area contributed by atoms with Crippen LogP contribution in [0.25, 0.3) is 0 Å². The molecule has 1 aromatic heterocycles. The first-order chi connectivity index (χ1) is 6.38. The topological polar surface area (TPSA) is 72.5 Å². The van der Waals surface area contributed by atoms with E-state index in [0.717, 1.165) is 5.69 Å². The van der Waals surface area contributed by atoms with E-state index in [1.807, 2.05) is 5.38 Å². The molecule has 1 rings (SSSR count). The number of aromatic nitrogens is 1. The largest absolute Gasteiger partial charge is 0.383 e. The van der Waals surface area contributed by atoms with Gasteiger partial charge in [-0.2, -0.15) is 0 Å². The summed E-state index contributed by atoms with van der Waals surface area (Å²) in [6.07, 6.45) is 0. The normalized spacial score (nSPS) is 11.7. The van der Waals surface area contributed by atoms with Crippen LogP contribution in [0.5, 0.6) is 0 Å². The number of ether oxygens (including phenoxy) is 1. The fourth-order valence-corrected chi connectivity index (χ4v) is 1.32. The first-order valence-electron chi connectivity index (χ1n) is 3.77. The van der Waals surface area contributed by atoms with Crippen molar-refractivity contribution in [3.05, 3.63) is 16.6 Å². The van der Waals surface area contributed by atoms with Crippen LogP contribution in [-0.4, -0.2) is 31.1 Å². The minimum absolute atomic E-state index is 0.577. The monoisotopic (exact) mass is 200 g/mol. The SMILES string of the molecule is COCCN=C(NN)c1cscn1. The molecule has 0 aliphatic rings. The first kappa shape index (κ1) is 10.1. The second-order valence-electron chi connectivity index (χ2n) is 2.24. The summed E-state index contributed by atoms with van der Waals surface area (Å²) in [5, 5.41) is 1.88. The Labute approximate surface area is 80.6 Å². The lowest BCUT2D eigenvalue weighted by Crippen LogP contribution is -2.31. The van der Waals surface area contributed by atoms with Crippen LogP contribution in [0.2, 0.25) is 0 Å². The van der Waals surface area contributed by atoms with E-state index in [4.69, 9.17) is 10.6 Å². The third-order valence-corrected chi connectivity index (χ3v) is 1.96. The molecule has 0 saturated heterocycles. The highest BCUT2D eigenvalue weighted by Crippen LogP contribution is 2.00. The fraction of sp³-hybridized carbons (Fsp3) is 0.429. The van der Waals surface area contributed by atoms with Gasteiger partial charge in [-0.05, 0) is 0 Å². The number of thiazole rings is 1. The average molecular weight is 200 g/mol. The Bertz CT molecular complexity index is 259. The smallest absolute Gasteiger partial charge is 0.162 e. The highest BCUT2D eigenvalue weighted by molar-refractivity contribution is 7.07. The van der Waals surface area contributed by atoms with E-state index in [0.29, 0.717) is 19.0 Å². The number of aliphatic imine (C=N–C) groups is 1. The molecule has 72 valence electrons. The third kappa shape index (κ3) is 3.10. The third-order valence-electron chi connectivity index (χ3n) is 1.38. The molecule has 0 saturated carbocycles. The van der Waals surface area contributed by atoms with Crippen molar-refractivity contribution in [3.8, 4) is 0 Å². The molecule has 0 unspecified atom stereocenters. The van der Waals surface area contributed by atoms with Crippen molar-refractivity contribution >= 4 is 17.2 Å². The summed E-state index contributed by atoms with van der Waals surface area (Å²) in [6.45, 7) is 1.16. The zero-order valence-electron chi connectivity index (χ0n) is 7.36. The van der Waals surface area contributed by atoms with E-state index in [2.05, 4.69) is 15.4 Å². The maximum absolute atomic E-state index is 5.29. The molecular weight excluding hydrogens is 188 g/mol. The van der Waals surface area contributed by atoms with Gasteiger partial charge < -0.3 is 10.2 Å². The number of hydrogen-bond acceptors (Lipinski definition) is 5. The van der Waals surface area contributed by atoms with Crippen LogP contribution in [-0.2, 0) is 4.74 Å². The summed E-state index contributed by atoms with van der Waals surface area (Å²) < 4.78 is 4.86. The molecule has 0 aromatic carbocycles. The molecule has 0 bridgehead atoms. The molecule has 0 aliphatic heterocycles. The zero-order valence-corrected chi connectivity index (χ0v) is 8.17. The number of amidine groups is 1. The lowest BCUT2D eigenvalue weighted by molar-refractivity contribution is 0.208. The minimum Gasteiger partial charge on any atom is -0.383 e. The summed E-state index contributed by atoms with van der Waals surface area (Å²) in [4.78, 5) is 8.24. The second-order valence-corrected chi connectivity index (χ2v) is 2.96. The van der Waals surface area contributed by atoms with Crippen molar-refractivity contribution in [1.29, 1.82) is 0 Å². The van der Waals surface area contributed by atoms with Gasteiger partial charge in [0.05, 0.1) is 18.7 Å². The summed E-state index contributed by atoms with van der Waals surface area (Å²) in [6, 6.07) is 0. The number of rotatable bonds is 4. The van der Waals surface area contributed by atoms with Crippen LogP contribution in [0.15, 0.2) is 15.9 Å². The molecule has 0 aliphatic carbocycles. The summed E-state index contributed by atoms with van der Waals surface area (Å²) >= 11 is 1.50. The molecule has 0 fully saturated rings. The number of nitrogens with two attached hydrogens (primary N) is 1. The van der Waals surface area contributed by atoms with Gasteiger partial charge in [0.2, 0.25) is 0 Å². The second kappa shape index (κ2) is 5.63. The van der Waals surface area contributed by atoms with Crippen molar-refractivity contribution in [2.75, 3.05) is 20.3 Å². The predicted octanol–water partition coefficient (Wildman–Crippen LogP) is -0.000600. The number of hydrogen-bond donors (Lipinski definition) is 2. The average Bonchev–Trinajstić information content (AvgIpc) is 2.65. The van der Waals surface area contributed by atoms with Crippen LogP contribution >= 0.6 is 11.3 Å². The van der Waals surface area contributed by atoms with Gasteiger partial charge in [0.1, 0.15) is 5.69 Å². The Morgan fingerprint density at radius 3 is 3.23 bits per heavy atom. The molecule has 0 radical (unpaired) electrons. The molecule has 6 heteroatoms. The van der Waals surface area contributed by atoms with E-state index < -0.39 is 0 Å². The van der Waals surface area contributed by atoms with Crippen molar-refractivity contribution < 1.29 is 4.74 Å². The summed E-state index contributed by atoms with van der Waals surface area (Å²) in [7, 11) is 1.63. The standard InChI is InChI=1S/C7H12N4OS/c1-12-3-2-9-7(11-8)6-4-13-5-10-6/h4-5H,2-3,8H2,1H3,(H,9,11). The van der Waals surface area contributed by atoms with Crippen molar-refractivity contribution in [3.63, 3.8) is 0 Å². The van der Waals surface area contributed by atoms with Gasteiger partial charge in [-0.25, -0.2) is 10.8 Å². The van der Waals surface area contributed by atoms with E-state index in [9.17, 15) is 0 Å². The van der Waals surface area contributed by atoms with E-state index in [1.54, 1.807) is 12.6 Å². The lowest BCUT2D eigenvalue weighted by Gasteiger charge is -2.01. The van der Waals surface area contributed by atoms with Gasteiger partial charge in [-0.1, -0.05) is 0 Å². The molecule has 1 aromatic rings. The minimum atomic E-state index is 0.577. The van der Waals surface area contributed by atoms with Crippen LogP contribution in [0, 0.1) is 0 Å². The van der Waals surface area contributed by atoms with Crippen LogP contribution in [0.3, 0.4) is 0 Å². The fourth-order valence-electron chi connectivity index (χ4n) is 0.779. The Morgan fingerprint density at radius 2 is 2.69 bits per heavy atom. The number of nitrogens with one attached hydrogen (secondary N) is 1. The van der Waals surface area contributed by atoms with E-state index >= 15 is 0 Å². The lowest BCUT2D eigenvalue weighted by atomic mass is 10.4. The van der Waals surface area contributed by atoms with Gasteiger partial charge in [-0.3, -0.25) is 4.99 Å². The molecule has 0 amide bonds. The van der Waals surface area contributed by atoms with Gasteiger partial charge >= 0.3 is 0 Å². The molecule has 3 N–H and O–H groups in total. The summed E-state index contributed by atoms with van der Waals surface area (Å²) in [5.41, 5.74) is 5.00. The Balaban J connectivity index is 2.57. The molecular formula is C7H12N4OS. The van der Waals surface area contributed by atoms with Gasteiger partial charge in [0, 0.05) is 12.5 Å². The quantitative estimate of drug-likeness (QED) is 0.236.